The second-order valence-corrected chi connectivity index (χ2v) is 9.48. The molecule has 0 unspecified atom stereocenters. The summed E-state index contributed by atoms with van der Waals surface area (Å²) in [6.07, 6.45) is -0.406. The summed E-state index contributed by atoms with van der Waals surface area (Å²) in [5, 5.41) is 9.70. The van der Waals surface area contributed by atoms with Gasteiger partial charge in [-0.3, -0.25) is 9.59 Å². The third-order valence-corrected chi connectivity index (χ3v) is 7.21. The second-order valence-electron chi connectivity index (χ2n) is 9.48. The molecule has 1 aromatic carbocycles. The Bertz CT molecular complexity index is 1100. The zero-order chi connectivity index (χ0) is 23.5. The fourth-order valence-electron chi connectivity index (χ4n) is 5.13. The average molecular weight is 464 g/mol. The lowest BCUT2D eigenvalue weighted by molar-refractivity contribution is -0.139. The number of carbonyl (C=O) groups excluding carboxylic acids is 2. The highest BCUT2D eigenvalue weighted by Crippen LogP contribution is 2.44. The molecule has 2 heterocycles. The Morgan fingerprint density at radius 2 is 1.79 bits per heavy atom. The van der Waals surface area contributed by atoms with E-state index >= 15 is 0 Å². The minimum Gasteiger partial charge on any atom is -0.393 e. The van der Waals surface area contributed by atoms with Crippen LogP contribution in [0.15, 0.2) is 12.1 Å². The molecule has 1 saturated heterocycles. The number of carbonyl (C=O) groups is 2. The Hall–Kier alpha value is -2.62. The normalized spacial score (nSPS) is 24.6. The van der Waals surface area contributed by atoms with E-state index in [0.717, 1.165) is 31.7 Å². The second kappa shape index (κ2) is 8.00. The predicted octanol–water partition coefficient (Wildman–Crippen LogP) is 3.06. The Balaban J connectivity index is 1.40. The molecule has 3 fully saturated rings. The molecule has 0 radical (unpaired) electrons. The first-order valence-corrected chi connectivity index (χ1v) is 11.5. The summed E-state index contributed by atoms with van der Waals surface area (Å²) in [5.41, 5.74) is -0.153. The number of benzene rings is 1. The van der Waals surface area contributed by atoms with Crippen molar-refractivity contribution in [3.05, 3.63) is 29.1 Å². The van der Waals surface area contributed by atoms with E-state index < -0.39 is 17.6 Å². The molecule has 33 heavy (non-hydrogen) atoms. The molecule has 10 heteroatoms. The van der Waals surface area contributed by atoms with E-state index in [2.05, 4.69) is 4.98 Å². The fourth-order valence-corrected chi connectivity index (χ4v) is 5.13. The summed E-state index contributed by atoms with van der Waals surface area (Å²) in [6.45, 7) is 0.543. The number of hydrogen-bond donors (Lipinski definition) is 1. The van der Waals surface area contributed by atoms with Gasteiger partial charge in [-0.05, 0) is 62.1 Å². The SMILES string of the molecule is Cn1c(C(=O)N2CCN([C@H]3CC[C@@H](O)CC3)C(=O)C2)nc2c(C(F)(F)F)cc(C3CC3)cc21. The largest absolute Gasteiger partial charge is 0.418 e. The summed E-state index contributed by atoms with van der Waals surface area (Å²) in [6, 6.07) is 2.92. The first-order chi connectivity index (χ1) is 15.6. The Kier molecular flexibility index (Phi) is 5.38. The maximum Gasteiger partial charge on any atom is 0.418 e. The molecule has 0 bridgehead atoms. The lowest BCUT2D eigenvalue weighted by Crippen LogP contribution is -2.56. The maximum atomic E-state index is 13.8. The lowest BCUT2D eigenvalue weighted by Gasteiger charge is -2.41. The van der Waals surface area contributed by atoms with Crippen LogP contribution in [0.3, 0.4) is 0 Å². The van der Waals surface area contributed by atoms with Crippen molar-refractivity contribution in [3.8, 4) is 0 Å². The predicted molar refractivity (Wildman–Crippen MR) is 114 cm³/mol. The molecule has 1 N–H and O–H groups in total. The number of alkyl halides is 3. The van der Waals surface area contributed by atoms with Gasteiger partial charge in [0.1, 0.15) is 12.1 Å². The van der Waals surface area contributed by atoms with E-state index in [9.17, 15) is 27.9 Å². The minimum absolute atomic E-state index is 0.0593. The van der Waals surface area contributed by atoms with Crippen LogP contribution in [0, 0.1) is 0 Å². The van der Waals surface area contributed by atoms with Gasteiger partial charge in [-0.1, -0.05) is 0 Å². The van der Waals surface area contributed by atoms with Crippen LogP contribution in [0.5, 0.6) is 0 Å². The zero-order valence-corrected chi connectivity index (χ0v) is 18.4. The molecular formula is C23H27F3N4O3. The number of aromatic nitrogens is 2. The third kappa shape index (κ3) is 4.09. The molecule has 2 amide bonds. The number of piperazine rings is 1. The average Bonchev–Trinajstić information content (AvgIpc) is 3.57. The van der Waals surface area contributed by atoms with Gasteiger partial charge in [0.2, 0.25) is 5.91 Å². The van der Waals surface area contributed by atoms with Crippen molar-refractivity contribution < 1.29 is 27.9 Å². The number of aryl methyl sites for hydroxylation is 1. The number of rotatable bonds is 3. The number of hydrogen-bond acceptors (Lipinski definition) is 4. The van der Waals surface area contributed by atoms with Crippen LogP contribution in [0.1, 0.15) is 66.2 Å². The molecule has 0 atom stereocenters. The molecule has 5 rings (SSSR count). The molecule has 2 aromatic rings. The summed E-state index contributed by atoms with van der Waals surface area (Å²) >= 11 is 0. The van der Waals surface area contributed by atoms with Crippen molar-refractivity contribution in [2.75, 3.05) is 19.6 Å². The van der Waals surface area contributed by atoms with E-state index in [1.165, 1.54) is 9.47 Å². The lowest BCUT2D eigenvalue weighted by atomic mass is 9.91. The quantitative estimate of drug-likeness (QED) is 0.758. The van der Waals surface area contributed by atoms with Crippen LogP contribution >= 0.6 is 0 Å². The topological polar surface area (TPSA) is 78.7 Å². The van der Waals surface area contributed by atoms with E-state index in [1.54, 1.807) is 18.0 Å². The Morgan fingerprint density at radius 3 is 2.39 bits per heavy atom. The van der Waals surface area contributed by atoms with Gasteiger partial charge in [-0.15, -0.1) is 0 Å². The van der Waals surface area contributed by atoms with Gasteiger partial charge >= 0.3 is 6.18 Å². The minimum atomic E-state index is -4.58. The van der Waals surface area contributed by atoms with Crippen molar-refractivity contribution in [1.82, 2.24) is 19.4 Å². The summed E-state index contributed by atoms with van der Waals surface area (Å²) in [4.78, 5) is 33.3. The number of aliphatic hydroxyl groups is 1. The summed E-state index contributed by atoms with van der Waals surface area (Å²) in [7, 11) is 1.55. The highest BCUT2D eigenvalue weighted by atomic mass is 19.4. The molecule has 1 aromatic heterocycles. The van der Waals surface area contributed by atoms with E-state index in [-0.39, 0.29) is 47.4 Å². The van der Waals surface area contributed by atoms with Gasteiger partial charge in [0, 0.05) is 26.2 Å². The third-order valence-electron chi connectivity index (χ3n) is 7.21. The fraction of sp³-hybridized carbons (Fsp3) is 0.609. The van der Waals surface area contributed by atoms with Crippen molar-refractivity contribution in [2.24, 2.45) is 7.05 Å². The molecule has 3 aliphatic rings. The molecule has 7 nitrogen and oxygen atoms in total. The zero-order valence-electron chi connectivity index (χ0n) is 18.4. The van der Waals surface area contributed by atoms with Gasteiger partial charge < -0.3 is 19.5 Å². The molecule has 2 aliphatic carbocycles. The van der Waals surface area contributed by atoms with Crippen molar-refractivity contribution in [3.63, 3.8) is 0 Å². The van der Waals surface area contributed by atoms with Crippen LogP contribution in [-0.4, -0.2) is 68.1 Å². The first kappa shape index (κ1) is 22.2. The number of aliphatic hydroxyl groups excluding tert-OH is 1. The van der Waals surface area contributed by atoms with Crippen LogP contribution in [-0.2, 0) is 18.0 Å². The molecule has 1 aliphatic heterocycles. The summed E-state index contributed by atoms with van der Waals surface area (Å²) in [5.74, 6) is -0.690. The number of halogens is 3. The standard InChI is InChI=1S/C23H27F3N4O3/c1-28-18-11-14(13-2-3-13)10-17(23(24,25)26)20(18)27-21(28)22(33)29-8-9-30(19(32)12-29)15-4-6-16(31)7-5-15/h10-11,13,15-16,31H,2-9,12H2,1H3/t15-,16+. The monoisotopic (exact) mass is 464 g/mol. The van der Waals surface area contributed by atoms with Crippen molar-refractivity contribution >= 4 is 22.8 Å². The van der Waals surface area contributed by atoms with Crippen LogP contribution < -0.4 is 0 Å². The molecule has 2 saturated carbocycles. The summed E-state index contributed by atoms with van der Waals surface area (Å²) < 4.78 is 42.7. The van der Waals surface area contributed by atoms with E-state index in [1.807, 2.05) is 0 Å². The van der Waals surface area contributed by atoms with Crippen molar-refractivity contribution in [1.29, 1.82) is 0 Å². The number of nitrogens with zero attached hydrogens (tertiary/aromatic N) is 4. The van der Waals surface area contributed by atoms with E-state index in [0.29, 0.717) is 31.5 Å². The van der Waals surface area contributed by atoms with Crippen LogP contribution in [0.25, 0.3) is 11.0 Å². The highest BCUT2D eigenvalue weighted by Gasteiger charge is 2.39. The van der Waals surface area contributed by atoms with Gasteiger partial charge in [0.15, 0.2) is 5.82 Å². The molecule has 0 spiro atoms. The number of imidazole rings is 1. The van der Waals surface area contributed by atoms with E-state index in [4.69, 9.17) is 0 Å². The van der Waals surface area contributed by atoms with Crippen LogP contribution in [0.2, 0.25) is 0 Å². The number of amides is 2. The van der Waals surface area contributed by atoms with Crippen LogP contribution in [0.4, 0.5) is 13.2 Å². The maximum absolute atomic E-state index is 13.8. The Morgan fingerprint density at radius 1 is 1.09 bits per heavy atom. The van der Waals surface area contributed by atoms with Gasteiger partial charge in [-0.2, -0.15) is 13.2 Å². The number of fused-ring (bicyclic) bond motifs is 1. The van der Waals surface area contributed by atoms with Gasteiger partial charge in [-0.25, -0.2) is 4.98 Å². The van der Waals surface area contributed by atoms with Gasteiger partial charge in [0.05, 0.1) is 17.2 Å². The molecular weight excluding hydrogens is 437 g/mol. The van der Waals surface area contributed by atoms with Crippen molar-refractivity contribution in [2.45, 2.75) is 62.8 Å². The Labute approximate surface area is 189 Å². The molecule has 178 valence electrons. The van der Waals surface area contributed by atoms with Gasteiger partial charge in [0.25, 0.3) is 5.91 Å². The highest BCUT2D eigenvalue weighted by molar-refractivity contribution is 5.98. The smallest absolute Gasteiger partial charge is 0.393 e. The first-order valence-electron chi connectivity index (χ1n) is 11.5.